The van der Waals surface area contributed by atoms with Gasteiger partial charge in [0.05, 0.1) is 17.9 Å². The van der Waals surface area contributed by atoms with Crippen molar-refractivity contribution in [1.29, 1.82) is 0 Å². The first kappa shape index (κ1) is 14.8. The van der Waals surface area contributed by atoms with Crippen LogP contribution < -0.4 is 0 Å². The number of nitrogens with zero attached hydrogens (tertiary/aromatic N) is 4. The Kier molecular flexibility index (Phi) is 3.49. The van der Waals surface area contributed by atoms with Crippen molar-refractivity contribution in [3.8, 4) is 5.69 Å². The molecule has 0 N–H and O–H groups in total. The van der Waals surface area contributed by atoms with Crippen molar-refractivity contribution in [2.45, 2.75) is 19.9 Å². The molecule has 4 rings (SSSR count). The van der Waals surface area contributed by atoms with Crippen molar-refractivity contribution < 1.29 is 4.79 Å². The number of rotatable bonds is 2. The van der Waals surface area contributed by atoms with Crippen LogP contribution in [0.1, 0.15) is 27.3 Å². The summed E-state index contributed by atoms with van der Waals surface area (Å²) in [6, 6.07) is 11.7. The predicted octanol–water partition coefficient (Wildman–Crippen LogP) is 2.72. The standard InChI is InChI=1S/C19H20N4O/c1-14-17-9-12-23(13-18(17)21(2)20-14)19(24)15-5-7-16(8-6-15)22-10-3-4-11-22/h3-8,10-11H,9,12-13H2,1-2H3. The number of benzene rings is 1. The molecule has 3 heterocycles. The first-order valence-electron chi connectivity index (χ1n) is 8.17. The molecule has 1 aliphatic heterocycles. The highest BCUT2D eigenvalue weighted by molar-refractivity contribution is 5.94. The zero-order valence-corrected chi connectivity index (χ0v) is 13.9. The summed E-state index contributed by atoms with van der Waals surface area (Å²) in [6.07, 6.45) is 4.86. The second-order valence-electron chi connectivity index (χ2n) is 6.25. The molecule has 3 aromatic rings. The first-order valence-corrected chi connectivity index (χ1v) is 8.17. The zero-order chi connectivity index (χ0) is 16.7. The molecule has 0 aliphatic carbocycles. The average molecular weight is 320 g/mol. The van der Waals surface area contributed by atoms with Gasteiger partial charge in [0, 0.05) is 37.2 Å². The van der Waals surface area contributed by atoms with E-state index in [1.54, 1.807) is 0 Å². The Labute approximate surface area is 141 Å². The molecular formula is C19H20N4O. The van der Waals surface area contributed by atoms with E-state index >= 15 is 0 Å². The number of hydrogen-bond donors (Lipinski definition) is 0. The highest BCUT2D eigenvalue weighted by Gasteiger charge is 2.25. The van der Waals surface area contributed by atoms with E-state index in [4.69, 9.17) is 0 Å². The maximum atomic E-state index is 12.8. The summed E-state index contributed by atoms with van der Waals surface area (Å²) in [5, 5.41) is 4.48. The molecule has 5 nitrogen and oxygen atoms in total. The summed E-state index contributed by atoms with van der Waals surface area (Å²) in [6.45, 7) is 3.42. The number of aromatic nitrogens is 3. The summed E-state index contributed by atoms with van der Waals surface area (Å²) in [7, 11) is 1.95. The van der Waals surface area contributed by atoms with Crippen LogP contribution in [0, 0.1) is 6.92 Å². The van der Waals surface area contributed by atoms with Crippen LogP contribution in [0.2, 0.25) is 0 Å². The van der Waals surface area contributed by atoms with E-state index in [0.717, 1.165) is 35.6 Å². The van der Waals surface area contributed by atoms with Crippen LogP contribution >= 0.6 is 0 Å². The summed E-state index contributed by atoms with van der Waals surface area (Å²) >= 11 is 0. The Morgan fingerprint density at radius 2 is 1.83 bits per heavy atom. The van der Waals surface area contributed by atoms with Gasteiger partial charge in [-0.3, -0.25) is 9.48 Å². The lowest BCUT2D eigenvalue weighted by Gasteiger charge is -2.27. The normalized spacial score (nSPS) is 13.8. The zero-order valence-electron chi connectivity index (χ0n) is 13.9. The Morgan fingerprint density at radius 3 is 2.54 bits per heavy atom. The summed E-state index contributed by atoms with van der Waals surface area (Å²) < 4.78 is 3.93. The minimum absolute atomic E-state index is 0.0820. The predicted molar refractivity (Wildman–Crippen MR) is 92.2 cm³/mol. The maximum Gasteiger partial charge on any atom is 0.254 e. The third-order valence-electron chi connectivity index (χ3n) is 4.75. The third kappa shape index (κ3) is 2.42. The Morgan fingerprint density at radius 1 is 1.12 bits per heavy atom. The van der Waals surface area contributed by atoms with Gasteiger partial charge in [-0.25, -0.2) is 0 Å². The number of aryl methyl sites for hydroxylation is 2. The van der Waals surface area contributed by atoms with Gasteiger partial charge in [0.15, 0.2) is 0 Å². The van der Waals surface area contributed by atoms with Crippen molar-refractivity contribution in [3.63, 3.8) is 0 Å². The second-order valence-corrected chi connectivity index (χ2v) is 6.25. The van der Waals surface area contributed by atoms with Gasteiger partial charge in [-0.2, -0.15) is 5.10 Å². The molecule has 0 saturated carbocycles. The van der Waals surface area contributed by atoms with Gasteiger partial charge in [0.25, 0.3) is 5.91 Å². The van der Waals surface area contributed by atoms with Crippen LogP contribution in [0.15, 0.2) is 48.8 Å². The van der Waals surface area contributed by atoms with Crippen molar-refractivity contribution >= 4 is 5.91 Å². The first-order chi connectivity index (χ1) is 11.6. The van der Waals surface area contributed by atoms with Crippen LogP contribution in [-0.2, 0) is 20.0 Å². The van der Waals surface area contributed by atoms with Gasteiger partial charge in [-0.15, -0.1) is 0 Å². The number of carbonyl (C=O) groups is 1. The highest BCUT2D eigenvalue weighted by Crippen LogP contribution is 2.23. The fraction of sp³-hybridized carbons (Fsp3) is 0.263. The van der Waals surface area contributed by atoms with Crippen molar-refractivity contribution in [3.05, 3.63) is 71.3 Å². The Bertz CT molecular complexity index is 875. The molecule has 0 spiro atoms. The molecule has 0 fully saturated rings. The molecular weight excluding hydrogens is 300 g/mol. The van der Waals surface area contributed by atoms with E-state index in [9.17, 15) is 4.79 Å². The van der Waals surface area contributed by atoms with Crippen LogP contribution in [0.5, 0.6) is 0 Å². The lowest BCUT2D eigenvalue weighted by molar-refractivity contribution is 0.0730. The fourth-order valence-corrected chi connectivity index (χ4v) is 3.42. The number of fused-ring (bicyclic) bond motifs is 1. The molecule has 0 radical (unpaired) electrons. The van der Waals surface area contributed by atoms with Crippen LogP contribution in [-0.4, -0.2) is 31.7 Å². The second kappa shape index (κ2) is 5.67. The molecule has 1 amide bonds. The van der Waals surface area contributed by atoms with Gasteiger partial charge in [-0.1, -0.05) is 0 Å². The number of carbonyl (C=O) groups excluding carboxylic acids is 1. The summed E-state index contributed by atoms with van der Waals surface area (Å²) in [4.78, 5) is 14.7. The molecule has 1 aromatic carbocycles. The topological polar surface area (TPSA) is 43.1 Å². The molecule has 0 unspecified atom stereocenters. The van der Waals surface area contributed by atoms with E-state index in [2.05, 4.69) is 5.10 Å². The molecule has 122 valence electrons. The van der Waals surface area contributed by atoms with E-state index in [-0.39, 0.29) is 5.91 Å². The van der Waals surface area contributed by atoms with Gasteiger partial charge in [-0.05, 0) is 55.3 Å². The lowest BCUT2D eigenvalue weighted by Crippen LogP contribution is -2.36. The molecule has 24 heavy (non-hydrogen) atoms. The minimum atomic E-state index is 0.0820. The maximum absolute atomic E-state index is 12.8. The van der Waals surface area contributed by atoms with E-state index in [1.807, 2.05) is 76.9 Å². The molecule has 0 bridgehead atoms. The summed E-state index contributed by atoms with van der Waals surface area (Å²) in [5.41, 5.74) is 5.31. The lowest BCUT2D eigenvalue weighted by atomic mass is 10.0. The van der Waals surface area contributed by atoms with E-state index in [0.29, 0.717) is 6.54 Å². The largest absolute Gasteiger partial charge is 0.332 e. The Balaban J connectivity index is 1.55. The van der Waals surface area contributed by atoms with Gasteiger partial charge >= 0.3 is 0 Å². The molecule has 5 heteroatoms. The van der Waals surface area contributed by atoms with Gasteiger partial charge in [0.1, 0.15) is 0 Å². The SMILES string of the molecule is Cc1nn(C)c2c1CCN(C(=O)c1ccc(-n3cccc3)cc1)C2. The number of amides is 1. The van der Waals surface area contributed by atoms with Crippen molar-refractivity contribution in [2.75, 3.05) is 6.54 Å². The van der Waals surface area contributed by atoms with Crippen LogP contribution in [0.25, 0.3) is 5.69 Å². The monoisotopic (exact) mass is 320 g/mol. The summed E-state index contributed by atoms with van der Waals surface area (Å²) in [5.74, 6) is 0.0820. The molecule has 0 saturated heterocycles. The van der Waals surface area contributed by atoms with E-state index in [1.165, 1.54) is 5.56 Å². The molecule has 2 aromatic heterocycles. The quantitative estimate of drug-likeness (QED) is 0.729. The molecule has 0 atom stereocenters. The van der Waals surface area contributed by atoms with Crippen LogP contribution in [0.4, 0.5) is 0 Å². The number of hydrogen-bond acceptors (Lipinski definition) is 2. The average Bonchev–Trinajstić information content (AvgIpc) is 3.23. The third-order valence-corrected chi connectivity index (χ3v) is 4.75. The van der Waals surface area contributed by atoms with Crippen molar-refractivity contribution in [2.24, 2.45) is 7.05 Å². The molecule has 1 aliphatic rings. The Hall–Kier alpha value is -2.82. The fourth-order valence-electron chi connectivity index (χ4n) is 3.42. The van der Waals surface area contributed by atoms with Gasteiger partial charge in [0.2, 0.25) is 0 Å². The van der Waals surface area contributed by atoms with Gasteiger partial charge < -0.3 is 9.47 Å². The smallest absolute Gasteiger partial charge is 0.254 e. The minimum Gasteiger partial charge on any atom is -0.332 e. The highest BCUT2D eigenvalue weighted by atomic mass is 16.2. The van der Waals surface area contributed by atoms with Crippen LogP contribution in [0.3, 0.4) is 0 Å². The van der Waals surface area contributed by atoms with E-state index < -0.39 is 0 Å². The van der Waals surface area contributed by atoms with Crippen molar-refractivity contribution in [1.82, 2.24) is 19.2 Å².